The van der Waals surface area contributed by atoms with Crippen LogP contribution in [-0.4, -0.2) is 17.0 Å². The number of hydrogen-bond donors (Lipinski definition) is 1. The summed E-state index contributed by atoms with van der Waals surface area (Å²) in [5, 5.41) is 9.03. The Kier molecular flexibility index (Phi) is 5.09. The highest BCUT2D eigenvalue weighted by Gasteiger charge is 2.28. The minimum Gasteiger partial charge on any atom is -0.480 e. The molecule has 2 aromatic carbocycles. The van der Waals surface area contributed by atoms with Gasteiger partial charge in [0.15, 0.2) is 12.0 Å². The topological polar surface area (TPSA) is 63.6 Å². The Morgan fingerprint density at radius 1 is 0.955 bits per heavy atom. The van der Waals surface area contributed by atoms with Crippen LogP contribution in [0.3, 0.4) is 0 Å². The second kappa shape index (κ2) is 7.22. The molecule has 0 bridgehead atoms. The molecule has 0 fully saturated rings. The molecule has 4 nitrogen and oxygen atoms in total. The number of hydrogen-bond acceptors (Lipinski definition) is 3. The Hall–Kier alpha value is -2.88. The van der Waals surface area contributed by atoms with E-state index in [1.165, 1.54) is 0 Å². The van der Waals surface area contributed by atoms with Crippen molar-refractivity contribution in [1.29, 1.82) is 0 Å². The predicted molar refractivity (Wildman–Crippen MR) is 82.1 cm³/mol. The quantitative estimate of drug-likeness (QED) is 0.505. The van der Waals surface area contributed by atoms with E-state index in [1.54, 1.807) is 0 Å². The molecule has 1 N–H and O–H groups in total. The van der Waals surface area contributed by atoms with Crippen LogP contribution in [0.15, 0.2) is 73.3 Å². The summed E-state index contributed by atoms with van der Waals surface area (Å²) in [7, 11) is 0. The maximum Gasteiger partial charge on any atom is 0.325 e. The van der Waals surface area contributed by atoms with E-state index in [9.17, 15) is 9.59 Å². The molecule has 0 aliphatic rings. The number of carboxylic acids is 1. The third-order valence-electron chi connectivity index (χ3n) is 3.19. The van der Waals surface area contributed by atoms with Crippen molar-refractivity contribution in [3.63, 3.8) is 0 Å². The zero-order valence-electron chi connectivity index (χ0n) is 11.9. The first-order valence-electron chi connectivity index (χ1n) is 6.79. The summed E-state index contributed by atoms with van der Waals surface area (Å²) in [5.41, 5.74) is 1.55. The molecule has 1 unspecified atom stereocenters. The number of esters is 1. The van der Waals surface area contributed by atoms with Crippen LogP contribution in [0.25, 0.3) is 0 Å². The van der Waals surface area contributed by atoms with E-state index in [2.05, 4.69) is 6.58 Å². The molecule has 0 radical (unpaired) electrons. The van der Waals surface area contributed by atoms with Gasteiger partial charge in [0.25, 0.3) is 0 Å². The van der Waals surface area contributed by atoms with Crippen molar-refractivity contribution in [3.8, 4) is 0 Å². The lowest BCUT2D eigenvalue weighted by Crippen LogP contribution is -2.25. The Morgan fingerprint density at radius 2 is 1.41 bits per heavy atom. The van der Waals surface area contributed by atoms with Gasteiger partial charge in [0, 0.05) is 0 Å². The normalized spacial score (nSPS) is 11.7. The highest BCUT2D eigenvalue weighted by atomic mass is 16.5. The van der Waals surface area contributed by atoms with Gasteiger partial charge in [-0.2, -0.15) is 0 Å². The lowest BCUT2D eigenvalue weighted by atomic mass is 10.0. The highest BCUT2D eigenvalue weighted by Crippen LogP contribution is 2.27. The average molecular weight is 296 g/mol. The fourth-order valence-electron chi connectivity index (χ4n) is 2.07. The second-order valence-corrected chi connectivity index (χ2v) is 4.69. The number of rotatable bonds is 6. The van der Waals surface area contributed by atoms with E-state index < -0.39 is 24.0 Å². The van der Waals surface area contributed by atoms with Gasteiger partial charge in [0.1, 0.15) is 0 Å². The van der Waals surface area contributed by atoms with Crippen LogP contribution in [-0.2, 0) is 14.3 Å². The minimum atomic E-state index is -1.38. The fourth-order valence-corrected chi connectivity index (χ4v) is 2.07. The van der Waals surface area contributed by atoms with Gasteiger partial charge in [-0.1, -0.05) is 66.7 Å². The maximum absolute atomic E-state index is 12.1. The third kappa shape index (κ3) is 3.61. The number of ether oxygens (including phenoxy) is 1. The number of carbonyl (C=O) groups is 2. The van der Waals surface area contributed by atoms with Crippen molar-refractivity contribution in [2.24, 2.45) is 5.92 Å². The number of carboxylic acid groups (broad SMARTS) is 1. The zero-order chi connectivity index (χ0) is 15.9. The zero-order valence-corrected chi connectivity index (χ0v) is 11.9. The van der Waals surface area contributed by atoms with E-state index in [-0.39, 0.29) is 0 Å². The summed E-state index contributed by atoms with van der Waals surface area (Å²) in [5.74, 6) is -3.49. The summed E-state index contributed by atoms with van der Waals surface area (Å²) in [6.07, 6.45) is 0.411. The first-order valence-corrected chi connectivity index (χ1v) is 6.79. The van der Waals surface area contributed by atoms with Gasteiger partial charge in [-0.15, -0.1) is 6.58 Å². The maximum atomic E-state index is 12.1. The Balaban J connectivity index is 2.32. The highest BCUT2D eigenvalue weighted by molar-refractivity contribution is 5.96. The van der Waals surface area contributed by atoms with Crippen molar-refractivity contribution in [1.82, 2.24) is 0 Å². The van der Waals surface area contributed by atoms with Crippen molar-refractivity contribution in [2.45, 2.75) is 6.10 Å². The first-order chi connectivity index (χ1) is 10.6. The molecule has 0 saturated heterocycles. The Bertz CT molecular complexity index is 610. The molecular formula is C18H16O4. The minimum absolute atomic E-state index is 0.656. The molecule has 112 valence electrons. The molecule has 22 heavy (non-hydrogen) atoms. The van der Waals surface area contributed by atoms with Gasteiger partial charge in [0.05, 0.1) is 0 Å². The van der Waals surface area contributed by atoms with Gasteiger partial charge < -0.3 is 9.84 Å². The predicted octanol–water partition coefficient (Wildman–Crippen LogP) is 3.21. The van der Waals surface area contributed by atoms with Gasteiger partial charge in [-0.25, -0.2) is 0 Å². The molecule has 0 heterocycles. The van der Waals surface area contributed by atoms with E-state index >= 15 is 0 Å². The summed E-state index contributed by atoms with van der Waals surface area (Å²) >= 11 is 0. The molecule has 1 atom stereocenters. The number of benzene rings is 2. The van der Waals surface area contributed by atoms with Crippen molar-refractivity contribution in [2.75, 3.05) is 0 Å². The van der Waals surface area contributed by atoms with Crippen molar-refractivity contribution >= 4 is 11.9 Å². The van der Waals surface area contributed by atoms with Gasteiger partial charge in [0.2, 0.25) is 0 Å². The lowest BCUT2D eigenvalue weighted by Gasteiger charge is -2.20. The smallest absolute Gasteiger partial charge is 0.325 e. The molecular weight excluding hydrogens is 280 g/mol. The average Bonchev–Trinajstić information content (AvgIpc) is 2.54. The Morgan fingerprint density at radius 3 is 1.77 bits per heavy atom. The first kappa shape index (κ1) is 15.5. The van der Waals surface area contributed by atoms with Crippen molar-refractivity contribution < 1.29 is 19.4 Å². The molecule has 0 aliphatic carbocycles. The van der Waals surface area contributed by atoms with Crippen LogP contribution in [0, 0.1) is 5.92 Å². The molecule has 2 rings (SSSR count). The summed E-state index contributed by atoms with van der Waals surface area (Å²) in [6, 6.07) is 18.4. The second-order valence-electron chi connectivity index (χ2n) is 4.69. The van der Waals surface area contributed by atoms with E-state index in [0.29, 0.717) is 0 Å². The van der Waals surface area contributed by atoms with Crippen LogP contribution in [0.4, 0.5) is 0 Å². The van der Waals surface area contributed by atoms with Crippen LogP contribution < -0.4 is 0 Å². The van der Waals surface area contributed by atoms with E-state index in [4.69, 9.17) is 9.84 Å². The molecule has 0 aliphatic heterocycles. The fraction of sp³-hybridized carbons (Fsp3) is 0.111. The summed E-state index contributed by atoms with van der Waals surface area (Å²) in [4.78, 5) is 23.2. The van der Waals surface area contributed by atoms with Crippen LogP contribution >= 0.6 is 0 Å². The van der Waals surface area contributed by atoms with Crippen LogP contribution in [0.5, 0.6) is 0 Å². The molecule has 0 spiro atoms. The Labute approximate surface area is 128 Å². The van der Waals surface area contributed by atoms with Crippen molar-refractivity contribution in [3.05, 3.63) is 84.4 Å². The molecule has 4 heteroatoms. The van der Waals surface area contributed by atoms with E-state index in [0.717, 1.165) is 17.2 Å². The SMILES string of the molecule is C=CC(C(=O)O)C(=O)OC(c1ccccc1)c1ccccc1. The van der Waals surface area contributed by atoms with E-state index in [1.807, 2.05) is 60.7 Å². The van der Waals surface area contributed by atoms with Gasteiger partial charge >= 0.3 is 11.9 Å². The van der Waals surface area contributed by atoms with Gasteiger partial charge in [-0.05, 0) is 11.1 Å². The van der Waals surface area contributed by atoms with Crippen LogP contribution in [0.1, 0.15) is 17.2 Å². The number of aliphatic carboxylic acids is 1. The monoisotopic (exact) mass is 296 g/mol. The molecule has 0 amide bonds. The largest absolute Gasteiger partial charge is 0.480 e. The van der Waals surface area contributed by atoms with Gasteiger partial charge in [-0.3, -0.25) is 9.59 Å². The standard InChI is InChI=1S/C18H16O4/c1-2-15(17(19)20)18(21)22-16(13-9-5-3-6-10-13)14-11-7-4-8-12-14/h2-12,15-16H,1H2,(H,19,20). The third-order valence-corrected chi connectivity index (χ3v) is 3.19. The molecule has 2 aromatic rings. The molecule has 0 saturated carbocycles. The summed E-state index contributed by atoms with van der Waals surface area (Å²) < 4.78 is 5.45. The summed E-state index contributed by atoms with van der Waals surface area (Å²) in [6.45, 7) is 3.37. The van der Waals surface area contributed by atoms with Crippen LogP contribution in [0.2, 0.25) is 0 Å². The lowest BCUT2D eigenvalue weighted by molar-refractivity contribution is -0.158. The molecule has 0 aromatic heterocycles. The number of carbonyl (C=O) groups excluding carboxylic acids is 1.